The van der Waals surface area contributed by atoms with Gasteiger partial charge in [-0.05, 0) is 24.3 Å². The third-order valence-electron chi connectivity index (χ3n) is 1.90. The van der Waals surface area contributed by atoms with E-state index in [1.807, 2.05) is 0 Å². The molecule has 1 aromatic rings. The van der Waals surface area contributed by atoms with Crippen LogP contribution in [0.15, 0.2) is 24.3 Å². The van der Waals surface area contributed by atoms with Crippen molar-refractivity contribution in [2.45, 2.75) is 6.18 Å². The lowest BCUT2D eigenvalue weighted by atomic mass is 10.2. The molecule has 0 unspecified atom stereocenters. The van der Waals surface area contributed by atoms with Gasteiger partial charge in [0.15, 0.2) is 0 Å². The van der Waals surface area contributed by atoms with Crippen LogP contribution < -0.4 is 16.4 Å². The molecular weight excluding hydrogens is 235 g/mol. The monoisotopic (exact) mass is 247 g/mol. The average Bonchev–Trinajstić information content (AvgIpc) is 2.26. The molecule has 0 fully saturated rings. The van der Waals surface area contributed by atoms with Crippen molar-refractivity contribution in [2.75, 3.05) is 18.4 Å². The topological polar surface area (TPSA) is 67.1 Å². The zero-order valence-electron chi connectivity index (χ0n) is 8.84. The maximum Gasteiger partial charge on any atom is 0.416 e. The number of rotatable bonds is 3. The van der Waals surface area contributed by atoms with Crippen molar-refractivity contribution in [3.05, 3.63) is 29.8 Å². The standard InChI is InChI=1S/C10H12F3N3O/c11-10(12,13)7-1-3-8(4-2-7)16-9(17)15-6-5-14/h1-4H,5-6,14H2,(H2,15,16,17). The molecule has 0 atom stereocenters. The van der Waals surface area contributed by atoms with Gasteiger partial charge in [0, 0.05) is 18.8 Å². The number of nitrogens with two attached hydrogens (primary N) is 1. The van der Waals surface area contributed by atoms with E-state index in [1.54, 1.807) is 0 Å². The van der Waals surface area contributed by atoms with Gasteiger partial charge < -0.3 is 16.4 Å². The Bertz CT molecular complexity index is 375. The summed E-state index contributed by atoms with van der Waals surface area (Å²) in [6, 6.07) is 3.67. The largest absolute Gasteiger partial charge is 0.416 e. The van der Waals surface area contributed by atoms with Crippen molar-refractivity contribution in [3.63, 3.8) is 0 Å². The Morgan fingerprint density at radius 2 is 1.82 bits per heavy atom. The number of anilines is 1. The minimum absolute atomic E-state index is 0.285. The van der Waals surface area contributed by atoms with Gasteiger partial charge in [-0.1, -0.05) is 0 Å². The number of urea groups is 1. The third kappa shape index (κ3) is 4.31. The van der Waals surface area contributed by atoms with Gasteiger partial charge in [-0.15, -0.1) is 0 Å². The van der Waals surface area contributed by atoms with Crippen molar-refractivity contribution in [1.29, 1.82) is 0 Å². The summed E-state index contributed by atoms with van der Waals surface area (Å²) in [5.41, 5.74) is 4.70. The predicted octanol–water partition coefficient (Wildman–Crippen LogP) is 1.79. The second kappa shape index (κ2) is 5.53. The van der Waals surface area contributed by atoms with Crippen LogP contribution in [0, 0.1) is 0 Å². The Balaban J connectivity index is 2.60. The molecule has 2 amide bonds. The number of alkyl halides is 3. The van der Waals surface area contributed by atoms with Crippen molar-refractivity contribution in [3.8, 4) is 0 Å². The zero-order chi connectivity index (χ0) is 12.9. The number of carbonyl (C=O) groups is 1. The van der Waals surface area contributed by atoms with E-state index in [0.717, 1.165) is 12.1 Å². The van der Waals surface area contributed by atoms with Crippen LogP contribution in [0.2, 0.25) is 0 Å². The highest BCUT2D eigenvalue weighted by molar-refractivity contribution is 5.89. The van der Waals surface area contributed by atoms with Crippen LogP contribution in [-0.2, 0) is 6.18 Å². The third-order valence-corrected chi connectivity index (χ3v) is 1.90. The van der Waals surface area contributed by atoms with E-state index in [2.05, 4.69) is 10.6 Å². The molecule has 4 N–H and O–H groups in total. The lowest BCUT2D eigenvalue weighted by molar-refractivity contribution is -0.137. The summed E-state index contributed by atoms with van der Waals surface area (Å²) in [5, 5.41) is 4.81. The highest BCUT2D eigenvalue weighted by Crippen LogP contribution is 2.29. The molecule has 0 bridgehead atoms. The van der Waals surface area contributed by atoms with Gasteiger partial charge >= 0.3 is 12.2 Å². The fourth-order valence-electron chi connectivity index (χ4n) is 1.10. The number of benzene rings is 1. The quantitative estimate of drug-likeness (QED) is 0.762. The maximum atomic E-state index is 12.2. The van der Waals surface area contributed by atoms with Crippen LogP contribution in [0.3, 0.4) is 0 Å². The van der Waals surface area contributed by atoms with Gasteiger partial charge in [0.25, 0.3) is 0 Å². The molecule has 0 aromatic heterocycles. The molecular formula is C10H12F3N3O. The van der Waals surface area contributed by atoms with E-state index in [-0.39, 0.29) is 5.69 Å². The summed E-state index contributed by atoms with van der Waals surface area (Å²) in [5.74, 6) is 0. The Hall–Kier alpha value is -1.76. The molecule has 17 heavy (non-hydrogen) atoms. The molecule has 0 saturated carbocycles. The van der Waals surface area contributed by atoms with Crippen LogP contribution in [0.1, 0.15) is 5.56 Å². The van der Waals surface area contributed by atoms with Crippen LogP contribution in [0.4, 0.5) is 23.7 Å². The van der Waals surface area contributed by atoms with E-state index >= 15 is 0 Å². The summed E-state index contributed by atoms with van der Waals surface area (Å²) in [6.45, 7) is 0.590. The molecule has 0 spiro atoms. The highest BCUT2D eigenvalue weighted by Gasteiger charge is 2.29. The molecule has 7 heteroatoms. The van der Waals surface area contributed by atoms with Gasteiger partial charge in [0.05, 0.1) is 5.56 Å². The van der Waals surface area contributed by atoms with Gasteiger partial charge in [0.1, 0.15) is 0 Å². The first-order valence-electron chi connectivity index (χ1n) is 4.85. The molecule has 0 heterocycles. The van der Waals surface area contributed by atoms with Crippen LogP contribution in [0.25, 0.3) is 0 Å². The smallest absolute Gasteiger partial charge is 0.337 e. The molecule has 0 radical (unpaired) electrons. The first-order valence-corrected chi connectivity index (χ1v) is 4.85. The van der Waals surface area contributed by atoms with Gasteiger partial charge in [-0.2, -0.15) is 13.2 Å². The van der Waals surface area contributed by atoms with Crippen LogP contribution >= 0.6 is 0 Å². The molecule has 1 rings (SSSR count). The van der Waals surface area contributed by atoms with E-state index in [9.17, 15) is 18.0 Å². The Labute approximate surface area is 96.0 Å². The van der Waals surface area contributed by atoms with Crippen LogP contribution in [-0.4, -0.2) is 19.1 Å². The molecule has 1 aromatic carbocycles. The molecule has 0 aliphatic rings. The minimum atomic E-state index is -4.37. The van der Waals surface area contributed by atoms with Crippen molar-refractivity contribution >= 4 is 11.7 Å². The Kier molecular flexibility index (Phi) is 4.33. The zero-order valence-corrected chi connectivity index (χ0v) is 8.84. The summed E-state index contributed by atoms with van der Waals surface area (Å²) < 4.78 is 36.7. The highest BCUT2D eigenvalue weighted by atomic mass is 19.4. The van der Waals surface area contributed by atoms with Gasteiger partial charge in [-0.3, -0.25) is 0 Å². The second-order valence-electron chi connectivity index (χ2n) is 3.24. The minimum Gasteiger partial charge on any atom is -0.337 e. The van der Waals surface area contributed by atoms with Gasteiger partial charge in [-0.25, -0.2) is 4.79 Å². The molecule has 94 valence electrons. The number of hydrogen-bond acceptors (Lipinski definition) is 2. The number of amides is 2. The van der Waals surface area contributed by atoms with E-state index in [0.29, 0.717) is 13.1 Å². The number of nitrogens with one attached hydrogen (secondary N) is 2. The Morgan fingerprint density at radius 3 is 2.29 bits per heavy atom. The lowest BCUT2D eigenvalue weighted by Crippen LogP contribution is -2.32. The van der Waals surface area contributed by atoms with Gasteiger partial charge in [0.2, 0.25) is 0 Å². The second-order valence-corrected chi connectivity index (χ2v) is 3.24. The SMILES string of the molecule is NCCNC(=O)Nc1ccc(C(F)(F)F)cc1. The van der Waals surface area contributed by atoms with Crippen LogP contribution in [0.5, 0.6) is 0 Å². The fraction of sp³-hybridized carbons (Fsp3) is 0.300. The maximum absolute atomic E-state index is 12.2. The summed E-state index contributed by atoms with van der Waals surface area (Å²) in [7, 11) is 0. The summed E-state index contributed by atoms with van der Waals surface area (Å²) in [4.78, 5) is 11.2. The molecule has 0 aliphatic heterocycles. The van der Waals surface area contributed by atoms with E-state index in [1.165, 1.54) is 12.1 Å². The lowest BCUT2D eigenvalue weighted by Gasteiger charge is -2.09. The van der Waals surface area contributed by atoms with E-state index < -0.39 is 17.8 Å². The first-order chi connectivity index (χ1) is 7.93. The average molecular weight is 247 g/mol. The summed E-state index contributed by atoms with van der Waals surface area (Å²) in [6.07, 6.45) is -4.37. The van der Waals surface area contributed by atoms with E-state index in [4.69, 9.17) is 5.73 Å². The predicted molar refractivity (Wildman–Crippen MR) is 57.5 cm³/mol. The number of hydrogen-bond donors (Lipinski definition) is 3. The normalized spacial score (nSPS) is 11.1. The molecule has 4 nitrogen and oxygen atoms in total. The Morgan fingerprint density at radius 1 is 1.24 bits per heavy atom. The molecule has 0 saturated heterocycles. The van der Waals surface area contributed by atoms with Crippen molar-refractivity contribution < 1.29 is 18.0 Å². The van der Waals surface area contributed by atoms with Crippen molar-refractivity contribution in [2.24, 2.45) is 5.73 Å². The number of halogens is 3. The molecule has 0 aliphatic carbocycles. The fourth-order valence-corrected chi connectivity index (χ4v) is 1.10. The first kappa shape index (κ1) is 13.3. The van der Waals surface area contributed by atoms with Crippen molar-refractivity contribution in [1.82, 2.24) is 5.32 Å². The number of carbonyl (C=O) groups excluding carboxylic acids is 1. The summed E-state index contributed by atoms with van der Waals surface area (Å²) >= 11 is 0.